The molecule has 4 heteroatoms. The molecule has 0 aliphatic heterocycles. The minimum absolute atomic E-state index is 0.701. The van der Waals surface area contributed by atoms with E-state index in [1.54, 1.807) is 0 Å². The van der Waals surface area contributed by atoms with E-state index in [0.29, 0.717) is 12.1 Å². The molecular formula is C20H46N4. The molecule has 0 spiro atoms. The zero-order chi connectivity index (χ0) is 18.5. The molecule has 2 unspecified atom stereocenters. The van der Waals surface area contributed by atoms with Crippen LogP contribution in [-0.4, -0.2) is 99.1 Å². The number of rotatable bonds is 15. The Labute approximate surface area is 153 Å². The average Bonchev–Trinajstić information content (AvgIpc) is 2.55. The van der Waals surface area contributed by atoms with E-state index in [4.69, 9.17) is 0 Å². The highest BCUT2D eigenvalue weighted by molar-refractivity contribution is 4.67. The summed E-state index contributed by atoms with van der Waals surface area (Å²) < 4.78 is 0. The molecule has 0 radical (unpaired) electrons. The molecule has 0 aromatic rings. The molecule has 0 saturated carbocycles. The normalized spacial score (nSPS) is 15.0. The second kappa shape index (κ2) is 14.1. The van der Waals surface area contributed by atoms with Gasteiger partial charge in [-0.1, -0.05) is 26.7 Å². The maximum atomic E-state index is 2.49. The van der Waals surface area contributed by atoms with Crippen LogP contribution >= 0.6 is 0 Å². The quantitative estimate of drug-likeness (QED) is 0.453. The lowest BCUT2D eigenvalue weighted by Gasteiger charge is -2.29. The molecule has 0 aliphatic rings. The van der Waals surface area contributed by atoms with Crippen LogP contribution in [0.1, 0.15) is 53.4 Å². The monoisotopic (exact) mass is 342 g/mol. The van der Waals surface area contributed by atoms with E-state index in [0.717, 1.165) is 26.2 Å². The van der Waals surface area contributed by atoms with Gasteiger partial charge in [0.1, 0.15) is 0 Å². The first-order valence-corrected chi connectivity index (χ1v) is 10.1. The summed E-state index contributed by atoms with van der Waals surface area (Å²) in [6.45, 7) is 16.2. The number of likely N-dealkylation sites (N-methyl/N-ethyl adjacent to an activating group) is 4. The van der Waals surface area contributed by atoms with Crippen molar-refractivity contribution in [1.82, 2.24) is 19.6 Å². The van der Waals surface area contributed by atoms with Crippen molar-refractivity contribution in [3.05, 3.63) is 0 Å². The Morgan fingerprint density at radius 2 is 0.833 bits per heavy atom. The Balaban J connectivity index is 3.83. The van der Waals surface area contributed by atoms with Gasteiger partial charge < -0.3 is 19.6 Å². The van der Waals surface area contributed by atoms with Crippen LogP contribution in [0.2, 0.25) is 0 Å². The predicted octanol–water partition coefficient (Wildman–Crippen LogP) is 3.09. The van der Waals surface area contributed by atoms with Gasteiger partial charge in [-0.25, -0.2) is 0 Å². The lowest BCUT2D eigenvalue weighted by molar-refractivity contribution is 0.180. The molecule has 2 atom stereocenters. The lowest BCUT2D eigenvalue weighted by atomic mass is 10.2. The standard InChI is InChI=1S/C20H46N4/c1-9-11-19(3)23(7)17-15-21(5)13-14-22(6)16-18-24(8)20(4)12-10-2/h19-20H,9-18H2,1-8H3. The van der Waals surface area contributed by atoms with Crippen LogP contribution in [0.4, 0.5) is 0 Å². The number of hydrogen-bond donors (Lipinski definition) is 0. The van der Waals surface area contributed by atoms with Gasteiger partial charge in [-0.2, -0.15) is 0 Å². The first kappa shape index (κ1) is 23.8. The van der Waals surface area contributed by atoms with Gasteiger partial charge in [-0.3, -0.25) is 0 Å². The van der Waals surface area contributed by atoms with Crippen LogP contribution < -0.4 is 0 Å². The molecule has 146 valence electrons. The Hall–Kier alpha value is -0.160. The summed E-state index contributed by atoms with van der Waals surface area (Å²) in [5, 5.41) is 0. The van der Waals surface area contributed by atoms with E-state index in [1.165, 1.54) is 38.8 Å². The van der Waals surface area contributed by atoms with Crippen LogP contribution in [0.3, 0.4) is 0 Å². The second-order valence-electron chi connectivity index (χ2n) is 7.84. The summed E-state index contributed by atoms with van der Waals surface area (Å²) in [5.41, 5.74) is 0. The third kappa shape index (κ3) is 11.4. The van der Waals surface area contributed by atoms with Crippen molar-refractivity contribution in [3.63, 3.8) is 0 Å². The van der Waals surface area contributed by atoms with Gasteiger partial charge in [0.15, 0.2) is 0 Å². The van der Waals surface area contributed by atoms with E-state index in [-0.39, 0.29) is 0 Å². The van der Waals surface area contributed by atoms with Crippen LogP contribution in [-0.2, 0) is 0 Å². The molecule has 0 bridgehead atoms. The molecule has 0 aliphatic carbocycles. The summed E-state index contributed by atoms with van der Waals surface area (Å²) in [7, 11) is 9.02. The van der Waals surface area contributed by atoms with Gasteiger partial charge in [-0.05, 0) is 54.9 Å². The van der Waals surface area contributed by atoms with Crippen LogP contribution in [0.25, 0.3) is 0 Å². The summed E-state index contributed by atoms with van der Waals surface area (Å²) >= 11 is 0. The van der Waals surface area contributed by atoms with E-state index < -0.39 is 0 Å². The minimum atomic E-state index is 0.701. The Kier molecular flexibility index (Phi) is 14.0. The largest absolute Gasteiger partial charge is 0.304 e. The van der Waals surface area contributed by atoms with E-state index >= 15 is 0 Å². The third-order valence-electron chi connectivity index (χ3n) is 5.45. The van der Waals surface area contributed by atoms with Crippen LogP contribution in [0, 0.1) is 0 Å². The van der Waals surface area contributed by atoms with Crippen molar-refractivity contribution in [3.8, 4) is 0 Å². The molecule has 0 rings (SSSR count). The predicted molar refractivity (Wildman–Crippen MR) is 109 cm³/mol. The topological polar surface area (TPSA) is 13.0 Å². The van der Waals surface area contributed by atoms with Gasteiger partial charge in [0, 0.05) is 51.4 Å². The molecule has 0 amide bonds. The second-order valence-corrected chi connectivity index (χ2v) is 7.84. The number of nitrogens with zero attached hydrogens (tertiary/aromatic N) is 4. The molecule has 24 heavy (non-hydrogen) atoms. The molecule has 0 saturated heterocycles. The van der Waals surface area contributed by atoms with Crippen molar-refractivity contribution in [2.24, 2.45) is 0 Å². The summed E-state index contributed by atoms with van der Waals surface area (Å²) in [6.07, 6.45) is 5.15. The van der Waals surface area contributed by atoms with Crippen molar-refractivity contribution >= 4 is 0 Å². The molecule has 0 fully saturated rings. The molecule has 0 N–H and O–H groups in total. The SMILES string of the molecule is CCCC(C)N(C)CCN(C)CCN(C)CCN(C)C(C)CCC. The highest BCUT2D eigenvalue weighted by atomic mass is 15.2. The first-order valence-electron chi connectivity index (χ1n) is 10.1. The summed E-state index contributed by atoms with van der Waals surface area (Å²) in [6, 6.07) is 1.40. The zero-order valence-electron chi connectivity index (χ0n) is 18.0. The van der Waals surface area contributed by atoms with Gasteiger partial charge in [-0.15, -0.1) is 0 Å². The number of hydrogen-bond acceptors (Lipinski definition) is 4. The molecule has 4 nitrogen and oxygen atoms in total. The Morgan fingerprint density at radius 1 is 0.542 bits per heavy atom. The van der Waals surface area contributed by atoms with Gasteiger partial charge in [0.05, 0.1) is 0 Å². The first-order chi connectivity index (χ1) is 11.3. The van der Waals surface area contributed by atoms with E-state index in [9.17, 15) is 0 Å². The fourth-order valence-electron chi connectivity index (χ4n) is 2.94. The zero-order valence-corrected chi connectivity index (χ0v) is 18.0. The third-order valence-corrected chi connectivity index (χ3v) is 5.45. The summed E-state index contributed by atoms with van der Waals surface area (Å²) in [4.78, 5) is 9.92. The molecule has 0 aromatic heterocycles. The molecule has 0 aromatic carbocycles. The fourth-order valence-corrected chi connectivity index (χ4v) is 2.94. The maximum Gasteiger partial charge on any atom is 0.0109 e. The smallest absolute Gasteiger partial charge is 0.0109 e. The highest BCUT2D eigenvalue weighted by Gasteiger charge is 2.11. The summed E-state index contributed by atoms with van der Waals surface area (Å²) in [5.74, 6) is 0. The highest BCUT2D eigenvalue weighted by Crippen LogP contribution is 2.04. The van der Waals surface area contributed by atoms with Gasteiger partial charge in [0.25, 0.3) is 0 Å². The van der Waals surface area contributed by atoms with Crippen LogP contribution in [0.5, 0.6) is 0 Å². The molecule has 0 heterocycles. The van der Waals surface area contributed by atoms with E-state index in [1.807, 2.05) is 0 Å². The fraction of sp³-hybridized carbons (Fsp3) is 1.00. The van der Waals surface area contributed by atoms with Crippen molar-refractivity contribution in [2.75, 3.05) is 67.5 Å². The van der Waals surface area contributed by atoms with E-state index in [2.05, 4.69) is 75.5 Å². The van der Waals surface area contributed by atoms with Gasteiger partial charge >= 0.3 is 0 Å². The molecular weight excluding hydrogens is 296 g/mol. The average molecular weight is 343 g/mol. The lowest BCUT2D eigenvalue weighted by Crippen LogP contribution is -2.40. The maximum absolute atomic E-state index is 2.49. The Morgan fingerprint density at radius 3 is 1.12 bits per heavy atom. The van der Waals surface area contributed by atoms with Crippen molar-refractivity contribution in [1.29, 1.82) is 0 Å². The van der Waals surface area contributed by atoms with Gasteiger partial charge in [0.2, 0.25) is 0 Å². The van der Waals surface area contributed by atoms with Crippen LogP contribution in [0.15, 0.2) is 0 Å². The van der Waals surface area contributed by atoms with Crippen molar-refractivity contribution < 1.29 is 0 Å². The Bertz CT molecular complexity index is 257. The van der Waals surface area contributed by atoms with Crippen molar-refractivity contribution in [2.45, 2.75) is 65.5 Å². The minimum Gasteiger partial charge on any atom is -0.304 e.